The van der Waals surface area contributed by atoms with Gasteiger partial charge in [-0.2, -0.15) is 0 Å². The first-order valence-electron chi connectivity index (χ1n) is 7.88. The highest BCUT2D eigenvalue weighted by Gasteiger charge is 2.18. The molecule has 0 aromatic heterocycles. The van der Waals surface area contributed by atoms with Crippen LogP contribution in [0.15, 0.2) is 53.4 Å². The van der Waals surface area contributed by atoms with E-state index in [1.807, 2.05) is 19.1 Å². The van der Waals surface area contributed by atoms with Crippen molar-refractivity contribution in [2.24, 2.45) is 0 Å². The Morgan fingerprint density at radius 3 is 2.28 bits per heavy atom. The smallest absolute Gasteiger partial charge is 0.251 e. The van der Waals surface area contributed by atoms with E-state index >= 15 is 0 Å². The molecule has 2 aromatic rings. The molecule has 0 aliphatic rings. The van der Waals surface area contributed by atoms with Gasteiger partial charge in [-0.05, 0) is 56.7 Å². The average Bonchev–Trinajstić information content (AvgIpc) is 2.54. The zero-order valence-corrected chi connectivity index (χ0v) is 15.9. The summed E-state index contributed by atoms with van der Waals surface area (Å²) in [6, 6.07) is 12.7. The van der Waals surface area contributed by atoms with Crippen LogP contribution in [0.3, 0.4) is 0 Å². The summed E-state index contributed by atoms with van der Waals surface area (Å²) in [5.41, 5.74) is 1.19. The lowest BCUT2D eigenvalue weighted by molar-refractivity contribution is 0.0939. The molecule has 1 amide bonds. The second kappa shape index (κ2) is 7.99. The van der Waals surface area contributed by atoms with Crippen LogP contribution in [0.5, 0.6) is 0 Å². The van der Waals surface area contributed by atoms with E-state index in [9.17, 15) is 13.2 Å². The van der Waals surface area contributed by atoms with Gasteiger partial charge in [0, 0.05) is 16.6 Å². The van der Waals surface area contributed by atoms with Gasteiger partial charge in [-0.15, -0.1) is 0 Å². The quantitative estimate of drug-likeness (QED) is 0.805. The third-order valence-corrected chi connectivity index (χ3v) is 5.42. The Kier molecular flexibility index (Phi) is 6.21. The van der Waals surface area contributed by atoms with Gasteiger partial charge in [-0.25, -0.2) is 13.1 Å². The molecule has 2 rings (SSSR count). The van der Waals surface area contributed by atoms with E-state index in [2.05, 4.69) is 10.0 Å². The van der Waals surface area contributed by atoms with Crippen LogP contribution in [0, 0.1) is 0 Å². The molecule has 0 bridgehead atoms. The summed E-state index contributed by atoms with van der Waals surface area (Å²) < 4.78 is 27.0. The lowest BCUT2D eigenvalue weighted by Gasteiger charge is -2.15. The Morgan fingerprint density at radius 2 is 1.68 bits per heavy atom. The van der Waals surface area contributed by atoms with Gasteiger partial charge in [0.15, 0.2) is 0 Å². The minimum absolute atomic E-state index is 0.0630. The molecule has 0 aliphatic heterocycles. The summed E-state index contributed by atoms with van der Waals surface area (Å²) in [6.45, 7) is 5.33. The maximum Gasteiger partial charge on any atom is 0.251 e. The van der Waals surface area contributed by atoms with Crippen LogP contribution < -0.4 is 10.0 Å². The molecule has 2 N–H and O–H groups in total. The molecular weight excluding hydrogens is 360 g/mol. The molecule has 0 radical (unpaired) electrons. The number of benzene rings is 2. The number of hydrogen-bond acceptors (Lipinski definition) is 3. The minimum atomic E-state index is -3.65. The van der Waals surface area contributed by atoms with Crippen molar-refractivity contribution in [2.75, 3.05) is 0 Å². The van der Waals surface area contributed by atoms with Crippen molar-refractivity contribution in [3.05, 3.63) is 64.7 Å². The van der Waals surface area contributed by atoms with Crippen LogP contribution in [-0.4, -0.2) is 20.4 Å². The predicted molar refractivity (Wildman–Crippen MR) is 99.2 cm³/mol. The lowest BCUT2D eigenvalue weighted by Crippen LogP contribution is -2.31. The summed E-state index contributed by atoms with van der Waals surface area (Å²) >= 11 is 5.86. The van der Waals surface area contributed by atoms with Gasteiger partial charge >= 0.3 is 0 Å². The van der Waals surface area contributed by atoms with Crippen molar-refractivity contribution in [2.45, 2.75) is 37.8 Å². The molecule has 0 spiro atoms. The van der Waals surface area contributed by atoms with Crippen LogP contribution in [0.2, 0.25) is 5.02 Å². The second-order valence-corrected chi connectivity index (χ2v) is 8.20. The van der Waals surface area contributed by atoms with Crippen LogP contribution in [0.25, 0.3) is 0 Å². The van der Waals surface area contributed by atoms with Gasteiger partial charge in [0.2, 0.25) is 10.0 Å². The summed E-state index contributed by atoms with van der Waals surface area (Å²) in [7, 11) is -3.65. The fourth-order valence-electron chi connectivity index (χ4n) is 2.30. The highest BCUT2D eigenvalue weighted by Crippen LogP contribution is 2.17. The SMILES string of the molecule is CC(C)NS(=O)(=O)c1cccc(C(=O)NC(C)c2ccc(Cl)cc2)c1. The molecule has 0 saturated carbocycles. The largest absolute Gasteiger partial charge is 0.346 e. The zero-order valence-electron chi connectivity index (χ0n) is 14.3. The molecule has 1 atom stereocenters. The molecule has 134 valence electrons. The van der Waals surface area contributed by atoms with E-state index in [4.69, 9.17) is 11.6 Å². The van der Waals surface area contributed by atoms with E-state index < -0.39 is 10.0 Å². The molecule has 5 nitrogen and oxygen atoms in total. The lowest BCUT2D eigenvalue weighted by atomic mass is 10.1. The van der Waals surface area contributed by atoms with E-state index in [0.29, 0.717) is 5.02 Å². The monoisotopic (exact) mass is 380 g/mol. The standard InChI is InChI=1S/C18H21ClN2O3S/c1-12(2)21-25(23,24)17-6-4-5-15(11-17)18(22)20-13(3)14-7-9-16(19)10-8-14/h4-13,21H,1-3H3,(H,20,22). The molecule has 25 heavy (non-hydrogen) atoms. The van der Waals surface area contributed by atoms with Crippen LogP contribution in [0.1, 0.15) is 42.7 Å². The van der Waals surface area contributed by atoms with Gasteiger partial charge < -0.3 is 5.32 Å². The maximum absolute atomic E-state index is 12.4. The first-order valence-corrected chi connectivity index (χ1v) is 9.74. The van der Waals surface area contributed by atoms with Crippen molar-refractivity contribution in [1.82, 2.24) is 10.0 Å². The number of halogens is 1. The molecule has 1 unspecified atom stereocenters. The number of carbonyl (C=O) groups is 1. The Balaban J connectivity index is 2.17. The van der Waals surface area contributed by atoms with Gasteiger partial charge in [0.1, 0.15) is 0 Å². The van der Waals surface area contributed by atoms with E-state index in [1.54, 1.807) is 38.1 Å². The minimum Gasteiger partial charge on any atom is -0.346 e. The third kappa shape index (κ3) is 5.29. The van der Waals surface area contributed by atoms with Crippen molar-refractivity contribution < 1.29 is 13.2 Å². The summed E-state index contributed by atoms with van der Waals surface area (Å²) in [4.78, 5) is 12.5. The van der Waals surface area contributed by atoms with Crippen LogP contribution in [-0.2, 0) is 10.0 Å². The second-order valence-electron chi connectivity index (χ2n) is 6.05. The number of carbonyl (C=O) groups excluding carboxylic acids is 1. The van der Waals surface area contributed by atoms with E-state index in [-0.39, 0.29) is 28.4 Å². The molecule has 7 heteroatoms. The average molecular weight is 381 g/mol. The third-order valence-electron chi connectivity index (χ3n) is 3.51. The fourth-order valence-corrected chi connectivity index (χ4v) is 3.72. The summed E-state index contributed by atoms with van der Waals surface area (Å²) in [6.07, 6.45) is 0. The molecular formula is C18H21ClN2O3S. The molecule has 0 heterocycles. The van der Waals surface area contributed by atoms with Crippen molar-refractivity contribution in [1.29, 1.82) is 0 Å². The number of nitrogens with one attached hydrogen (secondary N) is 2. The Hall–Kier alpha value is -1.89. The first-order chi connectivity index (χ1) is 11.7. The maximum atomic E-state index is 12.4. The van der Waals surface area contributed by atoms with Crippen molar-refractivity contribution in [3.63, 3.8) is 0 Å². The predicted octanol–water partition coefficient (Wildman–Crippen LogP) is 3.52. The van der Waals surface area contributed by atoms with Gasteiger partial charge in [-0.1, -0.05) is 29.8 Å². The number of amides is 1. The fraction of sp³-hybridized carbons (Fsp3) is 0.278. The highest BCUT2D eigenvalue weighted by atomic mass is 35.5. The first kappa shape index (κ1) is 19.4. The Labute approximate surface area is 153 Å². The van der Waals surface area contributed by atoms with Crippen molar-refractivity contribution in [3.8, 4) is 0 Å². The van der Waals surface area contributed by atoms with Gasteiger partial charge in [-0.3, -0.25) is 4.79 Å². The molecule has 2 aromatic carbocycles. The number of hydrogen-bond donors (Lipinski definition) is 2. The van der Waals surface area contributed by atoms with Crippen LogP contribution >= 0.6 is 11.6 Å². The Bertz CT molecular complexity index is 849. The zero-order chi connectivity index (χ0) is 18.6. The normalized spacial score (nSPS) is 12.8. The number of rotatable bonds is 6. The Morgan fingerprint density at radius 1 is 1.04 bits per heavy atom. The number of sulfonamides is 1. The van der Waals surface area contributed by atoms with E-state index in [0.717, 1.165) is 5.56 Å². The van der Waals surface area contributed by atoms with Gasteiger partial charge in [0.25, 0.3) is 5.91 Å². The van der Waals surface area contributed by atoms with E-state index in [1.165, 1.54) is 12.1 Å². The summed E-state index contributed by atoms with van der Waals surface area (Å²) in [5, 5.41) is 3.48. The molecule has 0 fully saturated rings. The van der Waals surface area contributed by atoms with Crippen LogP contribution in [0.4, 0.5) is 0 Å². The topological polar surface area (TPSA) is 75.3 Å². The van der Waals surface area contributed by atoms with Crippen molar-refractivity contribution >= 4 is 27.5 Å². The highest BCUT2D eigenvalue weighted by molar-refractivity contribution is 7.89. The molecule has 0 saturated heterocycles. The summed E-state index contributed by atoms with van der Waals surface area (Å²) in [5.74, 6) is -0.343. The van der Waals surface area contributed by atoms with Gasteiger partial charge in [0.05, 0.1) is 10.9 Å². The molecule has 0 aliphatic carbocycles.